The number of aliphatic hydroxyl groups is 1. The lowest BCUT2D eigenvalue weighted by atomic mass is 10.0. The van der Waals surface area contributed by atoms with Gasteiger partial charge in [0.2, 0.25) is 0 Å². The molecule has 0 bridgehead atoms. The molecule has 5 nitrogen and oxygen atoms in total. The maximum Gasteiger partial charge on any atom is 0.404 e. The average molecular weight is 342 g/mol. The summed E-state index contributed by atoms with van der Waals surface area (Å²) in [5.74, 6) is 0. The zero-order valence-electron chi connectivity index (χ0n) is 14.5. The van der Waals surface area contributed by atoms with Crippen LogP contribution in [-0.2, 0) is 12.8 Å². The second-order valence-corrected chi connectivity index (χ2v) is 6.25. The van der Waals surface area contributed by atoms with Crippen molar-refractivity contribution >= 4 is 6.09 Å². The van der Waals surface area contributed by atoms with Crippen LogP contribution in [0.3, 0.4) is 0 Å². The van der Waals surface area contributed by atoms with Crippen molar-refractivity contribution in [2.24, 2.45) is 0 Å². The molecule has 2 aromatic carbocycles. The van der Waals surface area contributed by atoms with Crippen LogP contribution in [0.5, 0.6) is 0 Å². The van der Waals surface area contributed by atoms with Crippen molar-refractivity contribution < 1.29 is 15.0 Å². The van der Waals surface area contributed by atoms with Crippen molar-refractivity contribution in [3.63, 3.8) is 0 Å². The largest absolute Gasteiger partial charge is 0.465 e. The highest BCUT2D eigenvalue weighted by molar-refractivity contribution is 5.65. The minimum atomic E-state index is -1.13. The zero-order chi connectivity index (χ0) is 18.1. The molecule has 0 unspecified atom stereocenters. The number of carbonyl (C=O) groups is 1. The summed E-state index contributed by atoms with van der Waals surface area (Å²) in [7, 11) is 0. The Bertz CT molecular complexity index is 644. The predicted molar refractivity (Wildman–Crippen MR) is 98.9 cm³/mol. The van der Waals surface area contributed by atoms with Gasteiger partial charge < -0.3 is 20.8 Å². The molecule has 2 aromatic rings. The first kappa shape index (κ1) is 19.0. The van der Waals surface area contributed by atoms with E-state index in [0.29, 0.717) is 13.0 Å². The Morgan fingerprint density at radius 3 is 2.36 bits per heavy atom. The van der Waals surface area contributed by atoms with Gasteiger partial charge in [-0.25, -0.2) is 4.79 Å². The predicted octanol–water partition coefficient (Wildman–Crippen LogP) is 2.37. The molecule has 1 amide bonds. The Labute approximate surface area is 148 Å². The van der Waals surface area contributed by atoms with Gasteiger partial charge in [-0.05, 0) is 37.4 Å². The van der Waals surface area contributed by atoms with Crippen molar-refractivity contribution in [3.8, 4) is 0 Å². The lowest BCUT2D eigenvalue weighted by molar-refractivity contribution is 0.118. The van der Waals surface area contributed by atoms with Crippen LogP contribution in [0.4, 0.5) is 4.79 Å². The van der Waals surface area contributed by atoms with E-state index in [2.05, 4.69) is 41.8 Å². The molecule has 0 saturated carbocycles. The van der Waals surface area contributed by atoms with E-state index in [9.17, 15) is 9.90 Å². The number of aliphatic hydroxyl groups excluding tert-OH is 1. The Morgan fingerprint density at radius 1 is 1.04 bits per heavy atom. The van der Waals surface area contributed by atoms with E-state index in [1.54, 1.807) is 0 Å². The fourth-order valence-electron chi connectivity index (χ4n) is 2.69. The average Bonchev–Trinajstić information content (AvgIpc) is 2.60. The highest BCUT2D eigenvalue weighted by Crippen LogP contribution is 2.07. The molecule has 0 aliphatic carbocycles. The minimum absolute atomic E-state index is 0.337. The fourth-order valence-corrected chi connectivity index (χ4v) is 2.69. The van der Waals surface area contributed by atoms with E-state index in [-0.39, 0.29) is 0 Å². The van der Waals surface area contributed by atoms with Gasteiger partial charge in [-0.2, -0.15) is 0 Å². The van der Waals surface area contributed by atoms with Gasteiger partial charge in [0, 0.05) is 6.54 Å². The quantitative estimate of drug-likeness (QED) is 0.527. The molecule has 0 spiro atoms. The summed E-state index contributed by atoms with van der Waals surface area (Å²) >= 11 is 0. The molecule has 0 radical (unpaired) electrons. The topological polar surface area (TPSA) is 81.6 Å². The molecule has 134 valence electrons. The maximum atomic E-state index is 11.0. The molecule has 0 fully saturated rings. The van der Waals surface area contributed by atoms with Gasteiger partial charge in [-0.3, -0.25) is 0 Å². The maximum absolute atomic E-state index is 11.0. The SMILES string of the molecule is Cc1ccc(CCNC[C@H](O)[C@H](Cc2ccccc2)NC(=O)O)cc1. The number of hydrogen-bond donors (Lipinski definition) is 4. The van der Waals surface area contributed by atoms with Crippen molar-refractivity contribution in [3.05, 3.63) is 71.3 Å². The first-order chi connectivity index (χ1) is 12.0. The number of aryl methyl sites for hydroxylation is 1. The first-order valence-corrected chi connectivity index (χ1v) is 8.52. The number of carboxylic acid groups (broad SMARTS) is 1. The number of amides is 1. The molecule has 25 heavy (non-hydrogen) atoms. The smallest absolute Gasteiger partial charge is 0.404 e. The molecule has 4 N–H and O–H groups in total. The van der Waals surface area contributed by atoms with Crippen LogP contribution in [0, 0.1) is 6.92 Å². The molecular formula is C20H26N2O3. The van der Waals surface area contributed by atoms with E-state index in [1.807, 2.05) is 30.3 Å². The molecule has 0 aromatic heterocycles. The normalized spacial score (nSPS) is 13.2. The van der Waals surface area contributed by atoms with Crippen LogP contribution in [0.25, 0.3) is 0 Å². The van der Waals surface area contributed by atoms with Gasteiger partial charge >= 0.3 is 6.09 Å². The second kappa shape index (κ2) is 9.81. The molecule has 0 aliphatic heterocycles. The minimum Gasteiger partial charge on any atom is -0.465 e. The molecule has 5 heteroatoms. The van der Waals surface area contributed by atoms with Crippen LogP contribution in [0.2, 0.25) is 0 Å². The van der Waals surface area contributed by atoms with E-state index in [0.717, 1.165) is 18.5 Å². The van der Waals surface area contributed by atoms with Crippen molar-refractivity contribution in [1.29, 1.82) is 0 Å². The van der Waals surface area contributed by atoms with E-state index < -0.39 is 18.2 Å². The van der Waals surface area contributed by atoms with Crippen molar-refractivity contribution in [2.45, 2.75) is 31.9 Å². The summed E-state index contributed by atoms with van der Waals surface area (Å²) in [5, 5.41) is 25.0. The Hall–Kier alpha value is -2.37. The van der Waals surface area contributed by atoms with Gasteiger partial charge in [-0.1, -0.05) is 60.2 Å². The summed E-state index contributed by atoms with van der Waals surface area (Å²) in [6.45, 7) is 3.12. The summed E-state index contributed by atoms with van der Waals surface area (Å²) in [6.07, 6.45) is -0.606. The molecular weight excluding hydrogens is 316 g/mol. The summed E-state index contributed by atoms with van der Waals surface area (Å²) in [6, 6.07) is 17.4. The van der Waals surface area contributed by atoms with Crippen LogP contribution < -0.4 is 10.6 Å². The van der Waals surface area contributed by atoms with E-state index in [4.69, 9.17) is 5.11 Å². The van der Waals surface area contributed by atoms with Crippen molar-refractivity contribution in [2.75, 3.05) is 13.1 Å². The third-order valence-corrected chi connectivity index (χ3v) is 4.14. The van der Waals surface area contributed by atoms with Crippen LogP contribution in [-0.4, -0.2) is 41.5 Å². The van der Waals surface area contributed by atoms with Crippen LogP contribution in [0.1, 0.15) is 16.7 Å². The van der Waals surface area contributed by atoms with Gasteiger partial charge in [0.05, 0.1) is 12.1 Å². The summed E-state index contributed by atoms with van der Waals surface area (Å²) < 4.78 is 0. The molecule has 2 atom stereocenters. The van der Waals surface area contributed by atoms with Crippen LogP contribution in [0.15, 0.2) is 54.6 Å². The highest BCUT2D eigenvalue weighted by Gasteiger charge is 2.21. The van der Waals surface area contributed by atoms with Gasteiger partial charge in [0.1, 0.15) is 0 Å². The number of hydrogen-bond acceptors (Lipinski definition) is 3. The zero-order valence-corrected chi connectivity index (χ0v) is 14.5. The van der Waals surface area contributed by atoms with Gasteiger partial charge in [0.25, 0.3) is 0 Å². The van der Waals surface area contributed by atoms with Gasteiger partial charge in [-0.15, -0.1) is 0 Å². The van der Waals surface area contributed by atoms with Gasteiger partial charge in [0.15, 0.2) is 0 Å². The number of rotatable bonds is 9. The summed E-state index contributed by atoms with van der Waals surface area (Å²) in [5.41, 5.74) is 3.45. The first-order valence-electron chi connectivity index (χ1n) is 8.52. The standard InChI is InChI=1S/C20H26N2O3/c1-15-7-9-16(10-8-15)11-12-21-14-19(23)18(22-20(24)25)13-17-5-3-2-4-6-17/h2-10,18-19,21-23H,11-14H2,1H3,(H,24,25)/t18-,19-/m0/s1. The third kappa shape index (κ3) is 6.95. The Kier molecular flexibility index (Phi) is 7.44. The molecule has 0 saturated heterocycles. The molecule has 0 heterocycles. The number of nitrogens with one attached hydrogen (secondary N) is 2. The lowest BCUT2D eigenvalue weighted by Crippen LogP contribution is -2.48. The van der Waals surface area contributed by atoms with Crippen LogP contribution >= 0.6 is 0 Å². The van der Waals surface area contributed by atoms with Crippen molar-refractivity contribution in [1.82, 2.24) is 10.6 Å². The van der Waals surface area contributed by atoms with E-state index >= 15 is 0 Å². The molecule has 0 aliphatic rings. The Morgan fingerprint density at radius 2 is 1.72 bits per heavy atom. The number of benzene rings is 2. The fraction of sp³-hybridized carbons (Fsp3) is 0.350. The summed E-state index contributed by atoms with van der Waals surface area (Å²) in [4.78, 5) is 11.0. The second-order valence-electron chi connectivity index (χ2n) is 6.25. The monoisotopic (exact) mass is 342 g/mol. The Balaban J connectivity index is 1.80. The third-order valence-electron chi connectivity index (χ3n) is 4.14. The van der Waals surface area contributed by atoms with E-state index in [1.165, 1.54) is 11.1 Å². The lowest BCUT2D eigenvalue weighted by Gasteiger charge is -2.23. The highest BCUT2D eigenvalue weighted by atomic mass is 16.4. The molecule has 2 rings (SSSR count).